The number of nitrogens with zero attached hydrogens (tertiary/aromatic N) is 2. The first kappa shape index (κ1) is 20.2. The first-order valence-electron chi connectivity index (χ1n) is 9.89. The monoisotopic (exact) mass is 414 g/mol. The van der Waals surface area contributed by atoms with Gasteiger partial charge in [-0.25, -0.2) is 14.6 Å². The van der Waals surface area contributed by atoms with Gasteiger partial charge < -0.3 is 19.9 Å². The number of nitrogens with one attached hydrogen (secondary N) is 2. The van der Waals surface area contributed by atoms with Crippen LogP contribution in [0.2, 0.25) is 0 Å². The molecule has 31 heavy (non-hydrogen) atoms. The highest BCUT2D eigenvalue weighted by atomic mass is 16.5. The molecule has 0 spiro atoms. The molecule has 0 atom stereocenters. The maximum atomic E-state index is 12.3. The van der Waals surface area contributed by atoms with E-state index in [1.165, 1.54) is 7.11 Å². The highest BCUT2D eigenvalue weighted by Gasteiger charge is 2.12. The average molecular weight is 414 g/mol. The Balaban J connectivity index is 1.42. The second-order valence-corrected chi connectivity index (χ2v) is 6.89. The number of carbonyl (C=O) groups excluding carboxylic acids is 2. The van der Waals surface area contributed by atoms with E-state index in [-0.39, 0.29) is 6.03 Å². The molecule has 0 saturated heterocycles. The van der Waals surface area contributed by atoms with Crippen molar-refractivity contribution in [1.82, 2.24) is 14.9 Å². The van der Waals surface area contributed by atoms with Crippen LogP contribution in [0.3, 0.4) is 0 Å². The number of rotatable bonds is 6. The molecule has 156 valence electrons. The summed E-state index contributed by atoms with van der Waals surface area (Å²) < 4.78 is 6.78. The predicted molar refractivity (Wildman–Crippen MR) is 120 cm³/mol. The van der Waals surface area contributed by atoms with E-state index < -0.39 is 5.97 Å². The number of imidazole rings is 1. The molecule has 0 saturated carbocycles. The van der Waals surface area contributed by atoms with Crippen LogP contribution in [0.4, 0.5) is 10.5 Å². The van der Waals surface area contributed by atoms with Gasteiger partial charge >= 0.3 is 12.0 Å². The van der Waals surface area contributed by atoms with Crippen LogP contribution in [0.1, 0.15) is 10.4 Å². The fourth-order valence-corrected chi connectivity index (χ4v) is 3.37. The molecule has 4 rings (SSSR count). The van der Waals surface area contributed by atoms with Gasteiger partial charge in [-0.3, -0.25) is 0 Å². The van der Waals surface area contributed by atoms with Crippen molar-refractivity contribution in [3.63, 3.8) is 0 Å². The summed E-state index contributed by atoms with van der Waals surface area (Å²) in [7, 11) is 1.33. The Labute approximate surface area is 179 Å². The standard InChI is InChI=1S/C24H22N4O3/c1-31-23(29)18-11-13-19(14-12-18)26-24(30)25-15-16-28-21-10-6-5-9-20(21)27-22(28)17-7-3-2-4-8-17/h2-14H,15-16H2,1H3,(H2,25,26,30). The summed E-state index contributed by atoms with van der Waals surface area (Å²) in [5.41, 5.74) is 3.96. The molecular formula is C24H22N4O3. The summed E-state index contributed by atoms with van der Waals surface area (Å²) in [5.74, 6) is 0.445. The summed E-state index contributed by atoms with van der Waals surface area (Å²) in [4.78, 5) is 28.6. The van der Waals surface area contributed by atoms with Crippen LogP contribution in [-0.2, 0) is 11.3 Å². The van der Waals surface area contributed by atoms with Crippen molar-refractivity contribution >= 4 is 28.7 Å². The molecule has 0 radical (unpaired) electrons. The number of hydrogen-bond donors (Lipinski definition) is 2. The van der Waals surface area contributed by atoms with E-state index in [1.54, 1.807) is 24.3 Å². The number of methoxy groups -OCH3 is 1. The van der Waals surface area contributed by atoms with Gasteiger partial charge in [-0.2, -0.15) is 0 Å². The number of carbonyl (C=O) groups is 2. The van der Waals surface area contributed by atoms with Gasteiger partial charge in [0.15, 0.2) is 0 Å². The van der Waals surface area contributed by atoms with Gasteiger partial charge in [0.05, 0.1) is 23.7 Å². The molecule has 7 heteroatoms. The third-order valence-corrected chi connectivity index (χ3v) is 4.87. The van der Waals surface area contributed by atoms with Crippen LogP contribution >= 0.6 is 0 Å². The van der Waals surface area contributed by atoms with Crippen molar-refractivity contribution in [2.45, 2.75) is 6.54 Å². The molecule has 1 aromatic heterocycles. The molecule has 2 amide bonds. The summed E-state index contributed by atoms with van der Waals surface area (Å²) in [5, 5.41) is 5.63. The van der Waals surface area contributed by atoms with E-state index in [1.807, 2.05) is 54.6 Å². The van der Waals surface area contributed by atoms with Crippen LogP contribution < -0.4 is 10.6 Å². The Morgan fingerprint density at radius 1 is 0.935 bits per heavy atom. The largest absolute Gasteiger partial charge is 0.465 e. The second kappa shape index (κ2) is 9.13. The summed E-state index contributed by atoms with van der Waals surface area (Å²) >= 11 is 0. The highest BCUT2D eigenvalue weighted by Crippen LogP contribution is 2.24. The lowest BCUT2D eigenvalue weighted by molar-refractivity contribution is 0.0600. The Hall–Kier alpha value is -4.13. The van der Waals surface area contributed by atoms with Gasteiger partial charge in [-0.15, -0.1) is 0 Å². The predicted octanol–water partition coefficient (Wildman–Crippen LogP) is 4.31. The van der Waals surface area contributed by atoms with E-state index in [4.69, 9.17) is 4.98 Å². The molecule has 0 unspecified atom stereocenters. The van der Waals surface area contributed by atoms with Crippen molar-refractivity contribution < 1.29 is 14.3 Å². The van der Waals surface area contributed by atoms with Crippen LogP contribution in [0.25, 0.3) is 22.4 Å². The maximum absolute atomic E-state index is 12.3. The number of benzene rings is 3. The van der Waals surface area contributed by atoms with E-state index in [2.05, 4.69) is 19.9 Å². The summed E-state index contributed by atoms with van der Waals surface area (Å²) in [6.45, 7) is 0.992. The van der Waals surface area contributed by atoms with Crippen LogP contribution in [0.15, 0.2) is 78.9 Å². The number of para-hydroxylation sites is 2. The molecule has 4 aromatic rings. The number of esters is 1. The minimum Gasteiger partial charge on any atom is -0.465 e. The fourth-order valence-electron chi connectivity index (χ4n) is 3.37. The quantitative estimate of drug-likeness (QED) is 0.461. The maximum Gasteiger partial charge on any atom is 0.337 e. The Morgan fingerprint density at radius 2 is 1.65 bits per heavy atom. The van der Waals surface area contributed by atoms with Gasteiger partial charge in [0.1, 0.15) is 5.82 Å². The number of hydrogen-bond acceptors (Lipinski definition) is 4. The van der Waals surface area contributed by atoms with Crippen molar-refractivity contribution in [2.24, 2.45) is 0 Å². The summed E-state index contributed by atoms with van der Waals surface area (Å²) in [6.07, 6.45) is 0. The number of urea groups is 1. The highest BCUT2D eigenvalue weighted by molar-refractivity contribution is 5.92. The molecule has 2 N–H and O–H groups in total. The lowest BCUT2D eigenvalue weighted by Gasteiger charge is -2.11. The first-order valence-corrected chi connectivity index (χ1v) is 9.89. The van der Waals surface area contributed by atoms with Crippen LogP contribution in [0, 0.1) is 0 Å². The number of amides is 2. The average Bonchev–Trinajstić information content (AvgIpc) is 3.18. The van der Waals surface area contributed by atoms with Crippen molar-refractivity contribution in [2.75, 3.05) is 19.0 Å². The molecule has 3 aromatic carbocycles. The molecule has 0 aliphatic heterocycles. The minimum atomic E-state index is -0.419. The van der Waals surface area contributed by atoms with Crippen LogP contribution in [-0.4, -0.2) is 35.2 Å². The number of fused-ring (bicyclic) bond motifs is 1. The molecule has 0 fully saturated rings. The molecule has 7 nitrogen and oxygen atoms in total. The Bertz CT molecular complexity index is 1200. The third kappa shape index (κ3) is 4.56. The normalized spacial score (nSPS) is 10.6. The van der Waals surface area contributed by atoms with Gasteiger partial charge in [-0.05, 0) is 36.4 Å². The first-order chi connectivity index (χ1) is 15.2. The zero-order valence-electron chi connectivity index (χ0n) is 17.0. The SMILES string of the molecule is COC(=O)c1ccc(NC(=O)NCCn2c(-c3ccccc3)nc3ccccc32)cc1. The number of anilines is 1. The molecule has 0 aliphatic carbocycles. The van der Waals surface area contributed by atoms with Crippen molar-refractivity contribution in [3.8, 4) is 11.4 Å². The van der Waals surface area contributed by atoms with Crippen molar-refractivity contribution in [1.29, 1.82) is 0 Å². The molecule has 0 bridgehead atoms. The van der Waals surface area contributed by atoms with Crippen molar-refractivity contribution in [3.05, 3.63) is 84.4 Å². The third-order valence-electron chi connectivity index (χ3n) is 4.87. The van der Waals surface area contributed by atoms with Gasteiger partial charge in [0.25, 0.3) is 0 Å². The Morgan fingerprint density at radius 3 is 2.39 bits per heavy atom. The zero-order chi connectivity index (χ0) is 21.6. The van der Waals surface area contributed by atoms with Crippen LogP contribution in [0.5, 0.6) is 0 Å². The van der Waals surface area contributed by atoms with Gasteiger partial charge in [0.2, 0.25) is 0 Å². The van der Waals surface area contributed by atoms with E-state index in [0.717, 1.165) is 22.4 Å². The number of aromatic nitrogens is 2. The fraction of sp³-hybridized carbons (Fsp3) is 0.125. The number of ether oxygens (including phenoxy) is 1. The molecule has 0 aliphatic rings. The lowest BCUT2D eigenvalue weighted by Crippen LogP contribution is -2.31. The zero-order valence-corrected chi connectivity index (χ0v) is 17.0. The van der Waals surface area contributed by atoms with E-state index in [0.29, 0.717) is 24.3 Å². The van der Waals surface area contributed by atoms with E-state index >= 15 is 0 Å². The topological polar surface area (TPSA) is 85.2 Å². The second-order valence-electron chi connectivity index (χ2n) is 6.89. The van der Waals surface area contributed by atoms with Gasteiger partial charge in [0, 0.05) is 24.3 Å². The smallest absolute Gasteiger partial charge is 0.337 e. The Kier molecular flexibility index (Phi) is 5.93. The minimum absolute atomic E-state index is 0.323. The molecular weight excluding hydrogens is 392 g/mol. The summed E-state index contributed by atoms with van der Waals surface area (Å²) in [6, 6.07) is 24.1. The van der Waals surface area contributed by atoms with Gasteiger partial charge in [-0.1, -0.05) is 42.5 Å². The lowest BCUT2D eigenvalue weighted by atomic mass is 10.2. The molecule has 1 heterocycles. The van der Waals surface area contributed by atoms with E-state index in [9.17, 15) is 9.59 Å².